The molecule has 0 fully saturated rings. The van der Waals surface area contributed by atoms with Gasteiger partial charge in [-0.1, -0.05) is 60.7 Å². The molecule has 3 rings (SSSR count). The maximum atomic E-state index is 13.1. The minimum atomic E-state index is -0.606. The number of nitrogens with one attached hydrogen (secondary N) is 1. The van der Waals surface area contributed by atoms with Crippen LogP contribution in [-0.2, 0) is 23.1 Å². The quantitative estimate of drug-likeness (QED) is 0.700. The van der Waals surface area contributed by atoms with Gasteiger partial charge in [0.2, 0.25) is 5.91 Å². The SMILES string of the molecule is CC(Cc1ccccc1)(C(=O)NCCc1cscn1)c1ccccc1. The molecule has 0 saturated heterocycles. The molecule has 128 valence electrons. The van der Waals surface area contributed by atoms with Crippen LogP contribution in [0.5, 0.6) is 0 Å². The van der Waals surface area contributed by atoms with E-state index in [1.807, 2.05) is 66.3 Å². The van der Waals surface area contributed by atoms with Gasteiger partial charge in [0.15, 0.2) is 0 Å². The molecule has 3 aromatic rings. The van der Waals surface area contributed by atoms with Crippen LogP contribution < -0.4 is 5.32 Å². The van der Waals surface area contributed by atoms with Gasteiger partial charge in [0, 0.05) is 18.3 Å². The number of carbonyl (C=O) groups is 1. The van der Waals surface area contributed by atoms with Gasteiger partial charge < -0.3 is 5.32 Å². The number of hydrogen-bond acceptors (Lipinski definition) is 3. The lowest BCUT2D eigenvalue weighted by atomic mass is 9.76. The minimum Gasteiger partial charge on any atom is -0.355 e. The number of nitrogens with zero attached hydrogens (tertiary/aromatic N) is 1. The molecule has 1 N–H and O–H groups in total. The predicted octanol–water partition coefficient (Wildman–Crippen LogP) is 4.00. The first-order chi connectivity index (χ1) is 12.2. The fraction of sp³-hybridized carbons (Fsp3) is 0.238. The second kappa shape index (κ2) is 8.08. The summed E-state index contributed by atoms with van der Waals surface area (Å²) in [6.07, 6.45) is 1.42. The summed E-state index contributed by atoms with van der Waals surface area (Å²) in [5.41, 5.74) is 4.43. The van der Waals surface area contributed by atoms with Gasteiger partial charge >= 0.3 is 0 Å². The maximum absolute atomic E-state index is 13.1. The normalized spacial score (nSPS) is 13.2. The zero-order valence-electron chi connectivity index (χ0n) is 14.3. The predicted molar refractivity (Wildman–Crippen MR) is 103 cm³/mol. The van der Waals surface area contributed by atoms with E-state index in [9.17, 15) is 4.79 Å². The lowest BCUT2D eigenvalue weighted by molar-refractivity contribution is -0.126. The Morgan fingerprint density at radius 3 is 2.40 bits per heavy atom. The van der Waals surface area contributed by atoms with Crippen molar-refractivity contribution >= 4 is 17.2 Å². The number of benzene rings is 2. The molecular formula is C21H22N2OS. The maximum Gasteiger partial charge on any atom is 0.230 e. The van der Waals surface area contributed by atoms with Crippen LogP contribution in [0.15, 0.2) is 71.6 Å². The highest BCUT2D eigenvalue weighted by Crippen LogP contribution is 2.28. The third-order valence-electron chi connectivity index (χ3n) is 4.46. The second-order valence-corrected chi connectivity index (χ2v) is 7.06. The Morgan fingerprint density at radius 2 is 1.76 bits per heavy atom. The number of hydrogen-bond donors (Lipinski definition) is 1. The van der Waals surface area contributed by atoms with E-state index < -0.39 is 5.41 Å². The Kier molecular flexibility index (Phi) is 5.61. The Labute approximate surface area is 152 Å². The Morgan fingerprint density at radius 1 is 1.08 bits per heavy atom. The Bertz CT molecular complexity index is 787. The van der Waals surface area contributed by atoms with Crippen molar-refractivity contribution in [2.24, 2.45) is 0 Å². The van der Waals surface area contributed by atoms with Gasteiger partial charge in [-0.15, -0.1) is 11.3 Å². The summed E-state index contributed by atoms with van der Waals surface area (Å²) in [7, 11) is 0. The highest BCUT2D eigenvalue weighted by Gasteiger charge is 2.35. The molecule has 25 heavy (non-hydrogen) atoms. The van der Waals surface area contributed by atoms with E-state index in [-0.39, 0.29) is 5.91 Å². The highest BCUT2D eigenvalue weighted by molar-refractivity contribution is 7.07. The molecule has 1 aromatic heterocycles. The molecule has 4 heteroatoms. The molecule has 1 heterocycles. The first-order valence-electron chi connectivity index (χ1n) is 8.43. The molecule has 3 nitrogen and oxygen atoms in total. The van der Waals surface area contributed by atoms with E-state index >= 15 is 0 Å². The molecule has 0 radical (unpaired) electrons. The van der Waals surface area contributed by atoms with E-state index in [1.165, 1.54) is 0 Å². The van der Waals surface area contributed by atoms with E-state index in [4.69, 9.17) is 0 Å². The summed E-state index contributed by atoms with van der Waals surface area (Å²) < 4.78 is 0. The Hall–Kier alpha value is -2.46. The fourth-order valence-electron chi connectivity index (χ4n) is 2.98. The van der Waals surface area contributed by atoms with Crippen molar-refractivity contribution < 1.29 is 4.79 Å². The van der Waals surface area contributed by atoms with Crippen LogP contribution in [0.3, 0.4) is 0 Å². The summed E-state index contributed by atoms with van der Waals surface area (Å²) >= 11 is 1.58. The van der Waals surface area contributed by atoms with Gasteiger partial charge in [-0.05, 0) is 24.5 Å². The largest absolute Gasteiger partial charge is 0.355 e. The van der Waals surface area contributed by atoms with E-state index in [0.717, 1.165) is 23.2 Å². The van der Waals surface area contributed by atoms with Crippen molar-refractivity contribution in [3.05, 3.63) is 88.4 Å². The molecule has 1 unspecified atom stereocenters. The fourth-order valence-corrected chi connectivity index (χ4v) is 3.58. The van der Waals surface area contributed by atoms with E-state index in [1.54, 1.807) is 11.3 Å². The summed E-state index contributed by atoms with van der Waals surface area (Å²) in [5.74, 6) is 0.0535. The molecule has 0 spiro atoms. The zero-order valence-corrected chi connectivity index (χ0v) is 15.1. The van der Waals surface area contributed by atoms with Gasteiger partial charge in [-0.3, -0.25) is 4.79 Å². The molecular weight excluding hydrogens is 328 g/mol. The van der Waals surface area contributed by atoms with E-state index in [0.29, 0.717) is 13.0 Å². The first kappa shape index (κ1) is 17.4. The lowest BCUT2D eigenvalue weighted by Crippen LogP contribution is -2.44. The van der Waals surface area contributed by atoms with Gasteiger partial charge in [-0.25, -0.2) is 4.98 Å². The van der Waals surface area contributed by atoms with Crippen molar-refractivity contribution in [3.8, 4) is 0 Å². The monoisotopic (exact) mass is 350 g/mol. The number of carbonyl (C=O) groups excluding carboxylic acids is 1. The van der Waals surface area contributed by atoms with Gasteiger partial charge in [-0.2, -0.15) is 0 Å². The topological polar surface area (TPSA) is 42.0 Å². The summed E-state index contributed by atoms with van der Waals surface area (Å²) in [5, 5.41) is 5.13. The van der Waals surface area contributed by atoms with Crippen molar-refractivity contribution in [3.63, 3.8) is 0 Å². The first-order valence-corrected chi connectivity index (χ1v) is 9.37. The molecule has 0 aliphatic carbocycles. The van der Waals surface area contributed by atoms with Crippen LogP contribution in [0, 0.1) is 0 Å². The molecule has 1 atom stereocenters. The van der Waals surface area contributed by atoms with Gasteiger partial charge in [0.05, 0.1) is 16.6 Å². The van der Waals surface area contributed by atoms with Gasteiger partial charge in [0.25, 0.3) is 0 Å². The molecule has 0 aliphatic heterocycles. The zero-order chi connectivity index (χ0) is 17.5. The molecule has 2 aromatic carbocycles. The average molecular weight is 350 g/mol. The van der Waals surface area contributed by atoms with Crippen molar-refractivity contribution in [1.82, 2.24) is 10.3 Å². The van der Waals surface area contributed by atoms with Crippen LogP contribution >= 0.6 is 11.3 Å². The van der Waals surface area contributed by atoms with Gasteiger partial charge in [0.1, 0.15) is 0 Å². The summed E-state index contributed by atoms with van der Waals surface area (Å²) in [6, 6.07) is 20.2. The third-order valence-corrected chi connectivity index (χ3v) is 5.10. The van der Waals surface area contributed by atoms with Crippen LogP contribution in [-0.4, -0.2) is 17.4 Å². The van der Waals surface area contributed by atoms with E-state index in [2.05, 4.69) is 22.4 Å². The molecule has 1 amide bonds. The second-order valence-electron chi connectivity index (χ2n) is 6.35. The average Bonchev–Trinajstić information content (AvgIpc) is 3.16. The van der Waals surface area contributed by atoms with Crippen LogP contribution in [0.2, 0.25) is 0 Å². The lowest BCUT2D eigenvalue weighted by Gasteiger charge is -2.29. The van der Waals surface area contributed by atoms with Crippen LogP contribution in [0.1, 0.15) is 23.7 Å². The standard InChI is InChI=1S/C21H22N2OS/c1-21(18-10-6-3-7-11-18,14-17-8-4-2-5-9-17)20(24)22-13-12-19-15-25-16-23-19/h2-11,15-16H,12-14H2,1H3,(H,22,24). The van der Waals surface area contributed by atoms with Crippen LogP contribution in [0.4, 0.5) is 0 Å². The molecule has 0 bridgehead atoms. The Balaban J connectivity index is 1.76. The van der Waals surface area contributed by atoms with Crippen molar-refractivity contribution in [2.45, 2.75) is 25.2 Å². The molecule has 0 saturated carbocycles. The number of rotatable bonds is 7. The minimum absolute atomic E-state index is 0.0535. The number of thiazole rings is 1. The van der Waals surface area contributed by atoms with Crippen molar-refractivity contribution in [2.75, 3.05) is 6.54 Å². The number of amides is 1. The number of aromatic nitrogens is 1. The van der Waals surface area contributed by atoms with Crippen LogP contribution in [0.25, 0.3) is 0 Å². The summed E-state index contributed by atoms with van der Waals surface area (Å²) in [6.45, 7) is 2.62. The smallest absolute Gasteiger partial charge is 0.230 e. The highest BCUT2D eigenvalue weighted by atomic mass is 32.1. The molecule has 0 aliphatic rings. The third kappa shape index (κ3) is 4.34. The van der Waals surface area contributed by atoms with Crippen molar-refractivity contribution in [1.29, 1.82) is 0 Å². The summed E-state index contributed by atoms with van der Waals surface area (Å²) in [4.78, 5) is 17.3.